The van der Waals surface area contributed by atoms with Gasteiger partial charge in [-0.3, -0.25) is 0 Å². The summed E-state index contributed by atoms with van der Waals surface area (Å²) in [7, 11) is 1.66. The number of nitrogens with zero attached hydrogens (tertiary/aromatic N) is 1. The third-order valence-electron chi connectivity index (χ3n) is 3.68. The van der Waals surface area contributed by atoms with E-state index in [0.717, 1.165) is 30.1 Å². The molecule has 20 heavy (non-hydrogen) atoms. The highest BCUT2D eigenvalue weighted by Crippen LogP contribution is 2.22. The lowest BCUT2D eigenvalue weighted by Gasteiger charge is -2.26. The topological polar surface area (TPSA) is 50.5 Å². The molecular weight excluding hydrogens is 270 g/mol. The fraction of sp³-hybridized carbons (Fsp3) is 0.533. The highest BCUT2D eigenvalue weighted by Gasteiger charge is 2.10. The van der Waals surface area contributed by atoms with Crippen molar-refractivity contribution in [2.75, 3.05) is 38.6 Å². The first-order chi connectivity index (χ1) is 9.70. The van der Waals surface area contributed by atoms with Crippen LogP contribution in [0.2, 0.25) is 0 Å². The van der Waals surface area contributed by atoms with Crippen LogP contribution < -0.4 is 15.8 Å². The Labute approximate surface area is 126 Å². The highest BCUT2D eigenvalue weighted by atomic mass is 32.1. The molecule has 1 aliphatic heterocycles. The minimum atomic E-state index is 0.410. The van der Waals surface area contributed by atoms with E-state index in [1.54, 1.807) is 7.11 Å². The maximum atomic E-state index is 5.76. The van der Waals surface area contributed by atoms with E-state index in [4.69, 9.17) is 22.7 Å². The van der Waals surface area contributed by atoms with Gasteiger partial charge in [-0.2, -0.15) is 0 Å². The Morgan fingerprint density at radius 2 is 2.10 bits per heavy atom. The second kappa shape index (κ2) is 7.45. The van der Waals surface area contributed by atoms with E-state index in [0.29, 0.717) is 4.99 Å². The molecule has 0 atom stereocenters. The van der Waals surface area contributed by atoms with Crippen molar-refractivity contribution in [3.05, 3.63) is 23.8 Å². The van der Waals surface area contributed by atoms with Gasteiger partial charge in [0.05, 0.1) is 7.11 Å². The SMILES string of the molecule is COc1ccc(C(N)=S)c(NCCN2CCCCC2)c1. The summed E-state index contributed by atoms with van der Waals surface area (Å²) in [5.74, 6) is 0.811. The van der Waals surface area contributed by atoms with Crippen molar-refractivity contribution in [2.45, 2.75) is 19.3 Å². The molecule has 3 N–H and O–H groups in total. The molecule has 0 amide bonds. The van der Waals surface area contributed by atoms with Crippen molar-refractivity contribution in [2.24, 2.45) is 5.73 Å². The zero-order valence-corrected chi connectivity index (χ0v) is 12.8. The molecule has 0 spiro atoms. The number of rotatable bonds is 6. The Morgan fingerprint density at radius 1 is 1.35 bits per heavy atom. The molecule has 0 saturated carbocycles. The van der Waals surface area contributed by atoms with E-state index in [1.165, 1.54) is 32.4 Å². The van der Waals surface area contributed by atoms with Crippen LogP contribution in [0, 0.1) is 0 Å². The largest absolute Gasteiger partial charge is 0.497 e. The number of nitrogens with two attached hydrogens (primary N) is 1. The number of anilines is 1. The lowest BCUT2D eigenvalue weighted by atomic mass is 10.1. The van der Waals surface area contributed by atoms with Crippen LogP contribution in [0.25, 0.3) is 0 Å². The fourth-order valence-corrected chi connectivity index (χ4v) is 2.72. The van der Waals surface area contributed by atoms with E-state index >= 15 is 0 Å². The number of ether oxygens (including phenoxy) is 1. The normalized spacial score (nSPS) is 15.8. The predicted octanol–water partition coefficient (Wildman–Crippen LogP) is 2.23. The molecule has 0 aromatic heterocycles. The Morgan fingerprint density at radius 3 is 2.75 bits per heavy atom. The zero-order valence-electron chi connectivity index (χ0n) is 12.0. The maximum Gasteiger partial charge on any atom is 0.120 e. The molecule has 1 aromatic carbocycles. The molecule has 1 saturated heterocycles. The minimum Gasteiger partial charge on any atom is -0.497 e. The zero-order chi connectivity index (χ0) is 14.4. The molecule has 0 bridgehead atoms. The lowest BCUT2D eigenvalue weighted by molar-refractivity contribution is 0.237. The van der Waals surface area contributed by atoms with Gasteiger partial charge in [0.25, 0.3) is 0 Å². The number of hydrogen-bond donors (Lipinski definition) is 2. The number of thiocarbonyl (C=S) groups is 1. The van der Waals surface area contributed by atoms with Gasteiger partial charge in [-0.1, -0.05) is 18.6 Å². The van der Waals surface area contributed by atoms with Gasteiger partial charge in [0, 0.05) is 30.4 Å². The molecule has 2 rings (SSSR count). The van der Waals surface area contributed by atoms with Gasteiger partial charge in [0.1, 0.15) is 10.7 Å². The summed E-state index contributed by atoms with van der Waals surface area (Å²) in [4.78, 5) is 2.91. The summed E-state index contributed by atoms with van der Waals surface area (Å²) in [6.07, 6.45) is 4.00. The van der Waals surface area contributed by atoms with Crippen molar-refractivity contribution in [1.82, 2.24) is 4.90 Å². The second-order valence-corrected chi connectivity index (χ2v) is 5.54. The van der Waals surface area contributed by atoms with Gasteiger partial charge in [0.2, 0.25) is 0 Å². The number of nitrogens with one attached hydrogen (secondary N) is 1. The van der Waals surface area contributed by atoms with Gasteiger partial charge in [-0.25, -0.2) is 0 Å². The number of likely N-dealkylation sites (tertiary alicyclic amines) is 1. The van der Waals surface area contributed by atoms with Crippen LogP contribution in [0.1, 0.15) is 24.8 Å². The van der Waals surface area contributed by atoms with Crippen molar-refractivity contribution in [3.63, 3.8) is 0 Å². The van der Waals surface area contributed by atoms with Crippen LogP contribution in [0.3, 0.4) is 0 Å². The van der Waals surface area contributed by atoms with Crippen LogP contribution in [-0.4, -0.2) is 43.2 Å². The predicted molar refractivity (Wildman–Crippen MR) is 87.7 cm³/mol. The van der Waals surface area contributed by atoms with Gasteiger partial charge in [-0.05, 0) is 38.1 Å². The first-order valence-corrected chi connectivity index (χ1v) is 7.55. The summed E-state index contributed by atoms with van der Waals surface area (Å²) in [6, 6.07) is 5.74. The Balaban J connectivity index is 1.94. The van der Waals surface area contributed by atoms with Crippen LogP contribution in [0.5, 0.6) is 5.75 Å². The molecule has 0 aliphatic carbocycles. The monoisotopic (exact) mass is 293 g/mol. The number of methoxy groups -OCH3 is 1. The molecule has 1 aromatic rings. The van der Waals surface area contributed by atoms with Crippen LogP contribution in [-0.2, 0) is 0 Å². The van der Waals surface area contributed by atoms with Crippen molar-refractivity contribution in [3.8, 4) is 5.75 Å². The van der Waals surface area contributed by atoms with Crippen LogP contribution in [0.4, 0.5) is 5.69 Å². The summed E-state index contributed by atoms with van der Waals surface area (Å²) in [6.45, 7) is 4.36. The number of hydrogen-bond acceptors (Lipinski definition) is 4. The second-order valence-electron chi connectivity index (χ2n) is 5.10. The fourth-order valence-electron chi connectivity index (χ4n) is 2.54. The van der Waals surface area contributed by atoms with E-state index < -0.39 is 0 Å². The van der Waals surface area contributed by atoms with Crippen molar-refractivity contribution in [1.29, 1.82) is 0 Å². The summed E-state index contributed by atoms with van der Waals surface area (Å²) in [5, 5.41) is 3.43. The van der Waals surface area contributed by atoms with Gasteiger partial charge >= 0.3 is 0 Å². The standard InChI is InChI=1S/C15H23N3OS/c1-19-12-5-6-13(15(16)20)14(11-12)17-7-10-18-8-3-2-4-9-18/h5-6,11,17H,2-4,7-10H2,1H3,(H2,16,20). The molecule has 1 heterocycles. The van der Waals surface area contributed by atoms with Gasteiger partial charge in [0.15, 0.2) is 0 Å². The minimum absolute atomic E-state index is 0.410. The van der Waals surface area contributed by atoms with Crippen molar-refractivity contribution < 1.29 is 4.74 Å². The smallest absolute Gasteiger partial charge is 0.120 e. The Bertz CT molecular complexity index is 458. The molecule has 0 radical (unpaired) electrons. The molecule has 1 fully saturated rings. The third-order valence-corrected chi connectivity index (χ3v) is 3.90. The average molecular weight is 293 g/mol. The molecule has 1 aliphatic rings. The van der Waals surface area contributed by atoms with E-state index in [1.807, 2.05) is 18.2 Å². The first-order valence-electron chi connectivity index (χ1n) is 7.15. The quantitative estimate of drug-likeness (QED) is 0.788. The number of benzene rings is 1. The number of piperidine rings is 1. The van der Waals surface area contributed by atoms with Gasteiger partial charge < -0.3 is 20.7 Å². The molecular formula is C15H23N3OS. The molecule has 4 nitrogen and oxygen atoms in total. The first kappa shape index (κ1) is 15.1. The lowest BCUT2D eigenvalue weighted by Crippen LogP contribution is -2.33. The average Bonchev–Trinajstić information content (AvgIpc) is 2.48. The van der Waals surface area contributed by atoms with Gasteiger partial charge in [-0.15, -0.1) is 0 Å². The molecule has 5 heteroatoms. The van der Waals surface area contributed by atoms with E-state index in [9.17, 15) is 0 Å². The highest BCUT2D eigenvalue weighted by molar-refractivity contribution is 7.80. The van der Waals surface area contributed by atoms with E-state index in [2.05, 4.69) is 10.2 Å². The summed E-state index contributed by atoms with van der Waals surface area (Å²) < 4.78 is 5.25. The summed E-state index contributed by atoms with van der Waals surface area (Å²) >= 11 is 5.09. The Kier molecular flexibility index (Phi) is 5.61. The third kappa shape index (κ3) is 4.08. The van der Waals surface area contributed by atoms with Crippen molar-refractivity contribution >= 4 is 22.9 Å². The summed E-state index contributed by atoms with van der Waals surface area (Å²) in [5.41, 5.74) is 7.59. The maximum absolute atomic E-state index is 5.76. The van der Waals surface area contributed by atoms with E-state index in [-0.39, 0.29) is 0 Å². The Hall–Kier alpha value is -1.33. The van der Waals surface area contributed by atoms with Crippen LogP contribution >= 0.6 is 12.2 Å². The van der Waals surface area contributed by atoms with Crippen LogP contribution in [0.15, 0.2) is 18.2 Å². The molecule has 0 unspecified atom stereocenters. The molecule has 110 valence electrons.